The molecule has 1 atom stereocenters. The van der Waals surface area contributed by atoms with E-state index in [9.17, 15) is 13.9 Å². The Morgan fingerprint density at radius 1 is 1.00 bits per heavy atom. The average molecular weight is 471 g/mol. The van der Waals surface area contributed by atoms with E-state index in [0.29, 0.717) is 23.0 Å². The van der Waals surface area contributed by atoms with Gasteiger partial charge in [0.1, 0.15) is 17.2 Å². The van der Waals surface area contributed by atoms with Gasteiger partial charge in [-0.15, -0.1) is 0 Å². The van der Waals surface area contributed by atoms with E-state index in [0.717, 1.165) is 43.9 Å². The molecule has 3 N–H and O–H groups in total. The highest BCUT2D eigenvalue weighted by molar-refractivity contribution is 5.64. The van der Waals surface area contributed by atoms with E-state index in [1.807, 2.05) is 38.1 Å². The highest BCUT2D eigenvalue weighted by Crippen LogP contribution is 2.38. The molecule has 1 unspecified atom stereocenters. The normalized spacial score (nSPS) is 15.9. The Balaban J connectivity index is 0.00000158. The van der Waals surface area contributed by atoms with Crippen molar-refractivity contribution >= 4 is 11.6 Å². The number of halogens is 2. The highest BCUT2D eigenvalue weighted by Gasteiger charge is 2.35. The van der Waals surface area contributed by atoms with Crippen molar-refractivity contribution in [1.82, 2.24) is 15.0 Å². The van der Waals surface area contributed by atoms with Crippen LogP contribution in [0.5, 0.6) is 0 Å². The smallest absolute Gasteiger partial charge is 0.264 e. The number of pyridine rings is 3. The number of nitrogens with one attached hydrogen (secondary N) is 1. The lowest BCUT2D eigenvalue weighted by atomic mass is 9.76. The molecule has 6 nitrogen and oxygen atoms in total. The third-order valence-corrected chi connectivity index (χ3v) is 6.24. The fraction of sp³-hybridized carbons (Fsp3) is 0.423. The highest BCUT2D eigenvalue weighted by atomic mass is 19.3. The van der Waals surface area contributed by atoms with Crippen molar-refractivity contribution in [3.63, 3.8) is 0 Å². The molecular weight excluding hydrogens is 438 g/mol. The van der Waals surface area contributed by atoms with Gasteiger partial charge in [0.05, 0.1) is 11.4 Å². The fourth-order valence-electron chi connectivity index (χ4n) is 4.38. The van der Waals surface area contributed by atoms with Crippen LogP contribution >= 0.6 is 0 Å². The first kappa shape index (κ1) is 25.6. The number of aliphatic hydroxyl groups is 2. The molecule has 1 saturated carbocycles. The maximum absolute atomic E-state index is 13.0. The molecule has 3 aromatic rings. The summed E-state index contributed by atoms with van der Waals surface area (Å²) >= 11 is 0. The van der Waals surface area contributed by atoms with Crippen LogP contribution in [0.3, 0.4) is 0 Å². The largest absolute Gasteiger partial charge is 0.400 e. The van der Waals surface area contributed by atoms with Gasteiger partial charge in [0.25, 0.3) is 6.43 Å². The summed E-state index contributed by atoms with van der Waals surface area (Å²) in [6.07, 6.45) is 6.09. The first-order chi connectivity index (χ1) is 16.3. The second-order valence-electron chi connectivity index (χ2n) is 8.73. The lowest BCUT2D eigenvalue weighted by Crippen LogP contribution is -2.34. The number of aromatic nitrogens is 3. The zero-order valence-corrected chi connectivity index (χ0v) is 19.8. The van der Waals surface area contributed by atoms with E-state index < -0.39 is 12.0 Å². The molecule has 34 heavy (non-hydrogen) atoms. The topological polar surface area (TPSA) is 91.2 Å². The molecule has 0 saturated heterocycles. The van der Waals surface area contributed by atoms with E-state index in [1.165, 1.54) is 24.8 Å². The zero-order valence-electron chi connectivity index (χ0n) is 19.8. The number of aryl methyl sites for hydroxylation is 1. The molecule has 0 aliphatic heterocycles. The van der Waals surface area contributed by atoms with E-state index >= 15 is 0 Å². The number of alkyl halides is 2. The van der Waals surface area contributed by atoms with Gasteiger partial charge in [-0.25, -0.2) is 18.7 Å². The van der Waals surface area contributed by atoms with Crippen molar-refractivity contribution in [1.29, 1.82) is 0 Å². The predicted molar refractivity (Wildman–Crippen MR) is 129 cm³/mol. The lowest BCUT2D eigenvalue weighted by Gasteiger charge is -2.35. The molecule has 0 amide bonds. The van der Waals surface area contributed by atoms with E-state index in [4.69, 9.17) is 5.11 Å². The second-order valence-corrected chi connectivity index (χ2v) is 8.73. The van der Waals surface area contributed by atoms with Crippen molar-refractivity contribution in [2.24, 2.45) is 5.92 Å². The third kappa shape index (κ3) is 6.12. The van der Waals surface area contributed by atoms with Crippen molar-refractivity contribution in [2.45, 2.75) is 58.0 Å². The maximum Gasteiger partial charge on any atom is 0.264 e. The summed E-state index contributed by atoms with van der Waals surface area (Å²) in [4.78, 5) is 13.3. The molecule has 0 bridgehead atoms. The van der Waals surface area contributed by atoms with Crippen LogP contribution in [0.15, 0.2) is 48.8 Å². The lowest BCUT2D eigenvalue weighted by molar-refractivity contribution is -0.0251. The summed E-state index contributed by atoms with van der Waals surface area (Å²) in [5, 5.41) is 21.2. The van der Waals surface area contributed by atoms with Gasteiger partial charge in [0.15, 0.2) is 0 Å². The van der Waals surface area contributed by atoms with E-state index in [2.05, 4.69) is 20.3 Å². The number of anilines is 2. The monoisotopic (exact) mass is 470 g/mol. The maximum atomic E-state index is 13.0. The van der Waals surface area contributed by atoms with Gasteiger partial charge >= 0.3 is 0 Å². The molecule has 3 aromatic heterocycles. The minimum absolute atomic E-state index is 0.0971. The number of aliphatic hydroxyl groups excluding tert-OH is 1. The molecule has 8 heteroatoms. The van der Waals surface area contributed by atoms with Crippen LogP contribution in [0.4, 0.5) is 20.4 Å². The minimum Gasteiger partial charge on any atom is -0.400 e. The number of nitrogens with zero attached hydrogens (tertiary/aromatic N) is 3. The molecular formula is C26H32F2N4O2. The third-order valence-electron chi connectivity index (χ3n) is 6.24. The first-order valence-electron chi connectivity index (χ1n) is 11.5. The number of hydrogen-bond acceptors (Lipinski definition) is 6. The zero-order chi connectivity index (χ0) is 24.7. The van der Waals surface area contributed by atoms with Gasteiger partial charge in [-0.1, -0.05) is 19.3 Å². The van der Waals surface area contributed by atoms with Crippen LogP contribution in [-0.2, 0) is 5.60 Å². The van der Waals surface area contributed by atoms with Gasteiger partial charge in [0, 0.05) is 30.6 Å². The Morgan fingerprint density at radius 2 is 1.74 bits per heavy atom. The summed E-state index contributed by atoms with van der Waals surface area (Å²) in [5.74, 6) is 1.04. The van der Waals surface area contributed by atoms with E-state index in [-0.39, 0.29) is 11.5 Å². The fourth-order valence-corrected chi connectivity index (χ4v) is 4.38. The van der Waals surface area contributed by atoms with Crippen LogP contribution in [0.2, 0.25) is 0 Å². The molecule has 1 aliphatic carbocycles. The Bertz CT molecular complexity index is 1070. The summed E-state index contributed by atoms with van der Waals surface area (Å²) in [6, 6.07) is 10.2. The molecule has 0 radical (unpaired) electrons. The van der Waals surface area contributed by atoms with Crippen molar-refractivity contribution < 1.29 is 19.0 Å². The van der Waals surface area contributed by atoms with Crippen molar-refractivity contribution in [2.75, 3.05) is 12.4 Å². The minimum atomic E-state index is -2.56. The quantitative estimate of drug-likeness (QED) is 0.414. The van der Waals surface area contributed by atoms with Crippen LogP contribution in [0, 0.1) is 12.8 Å². The van der Waals surface area contributed by atoms with Gasteiger partial charge in [-0.2, -0.15) is 0 Å². The van der Waals surface area contributed by atoms with Crippen molar-refractivity contribution in [3.05, 3.63) is 65.6 Å². The Kier molecular flexibility index (Phi) is 8.63. The molecule has 3 heterocycles. The second kappa shape index (κ2) is 11.4. The van der Waals surface area contributed by atoms with Gasteiger partial charge in [-0.3, -0.25) is 4.98 Å². The van der Waals surface area contributed by atoms with Crippen LogP contribution in [-0.4, -0.2) is 32.3 Å². The van der Waals surface area contributed by atoms with Gasteiger partial charge < -0.3 is 15.5 Å². The first-order valence-corrected chi connectivity index (χ1v) is 11.5. The number of rotatable bonds is 6. The summed E-state index contributed by atoms with van der Waals surface area (Å²) in [5.41, 5.74) is 2.10. The Morgan fingerprint density at radius 3 is 2.38 bits per heavy atom. The van der Waals surface area contributed by atoms with Crippen LogP contribution in [0.25, 0.3) is 11.3 Å². The predicted octanol–water partition coefficient (Wildman–Crippen LogP) is 5.92. The molecule has 182 valence electrons. The molecule has 4 rings (SSSR count). The Labute approximate surface area is 199 Å². The van der Waals surface area contributed by atoms with Gasteiger partial charge in [-0.05, 0) is 74.6 Å². The number of hydrogen-bond donors (Lipinski definition) is 3. The van der Waals surface area contributed by atoms with E-state index in [1.54, 1.807) is 6.20 Å². The summed E-state index contributed by atoms with van der Waals surface area (Å²) in [6.45, 7) is 3.80. The van der Waals surface area contributed by atoms with Crippen LogP contribution < -0.4 is 5.32 Å². The molecule has 0 spiro atoms. The molecule has 1 aliphatic rings. The SMILES string of the molecule is CO.Cc1cc(Nc2cc(C(F)F)ccn2)nc(-c2ccc(C(C)(O)C3CCCCC3)nc2)c1. The Hall–Kier alpha value is -2.97. The molecule has 0 aromatic carbocycles. The summed E-state index contributed by atoms with van der Waals surface area (Å²) in [7, 11) is 1.00. The van der Waals surface area contributed by atoms with Gasteiger partial charge in [0.2, 0.25) is 0 Å². The standard InChI is InChI=1S/C25H28F2N4O.CH4O/c1-16-12-20(30-23(13-16)31-22-14-17(24(26)27)10-11-28-22)18-8-9-21(29-15-18)25(2,32)19-6-4-3-5-7-19;1-2/h8-15,19,24,32H,3-7H2,1-2H3,(H,28,30,31);2H,1H3. The average Bonchev–Trinajstić information content (AvgIpc) is 2.86. The molecule has 1 fully saturated rings. The summed E-state index contributed by atoms with van der Waals surface area (Å²) < 4.78 is 25.9. The van der Waals surface area contributed by atoms with Crippen molar-refractivity contribution in [3.8, 4) is 11.3 Å². The van der Waals surface area contributed by atoms with Crippen LogP contribution in [0.1, 0.15) is 62.3 Å².